The smallest absolute Gasteiger partial charge is 0.234 e. The molecule has 31 heavy (non-hydrogen) atoms. The molecule has 0 radical (unpaired) electrons. The number of rotatable bonds is 9. The van der Waals surface area contributed by atoms with Crippen LogP contribution in [0, 0.1) is 11.6 Å². The van der Waals surface area contributed by atoms with E-state index in [-0.39, 0.29) is 18.0 Å². The average molecular weight is 485 g/mol. The summed E-state index contributed by atoms with van der Waals surface area (Å²) in [6.07, 6.45) is 1.65. The Morgan fingerprint density at radius 3 is 2.74 bits per heavy atom. The number of nitrogens with zero attached hydrogens (tertiary/aromatic N) is 3. The number of nitrogens with one attached hydrogen (secondary N) is 1. The fourth-order valence-corrected chi connectivity index (χ4v) is 3.72. The minimum absolute atomic E-state index is 0.0596. The predicted molar refractivity (Wildman–Crippen MR) is 117 cm³/mol. The van der Waals surface area contributed by atoms with Crippen molar-refractivity contribution in [1.82, 2.24) is 14.8 Å². The minimum atomic E-state index is -0.853. The van der Waals surface area contributed by atoms with Crippen molar-refractivity contribution in [3.05, 3.63) is 76.6 Å². The maximum absolute atomic E-state index is 13.7. The number of carbonyl (C=O) groups is 1. The molecule has 2 aromatic carbocycles. The van der Waals surface area contributed by atoms with E-state index in [2.05, 4.69) is 22.1 Å². The standard InChI is InChI=1S/C20H16Cl2F2N4O2S/c1-2-7-28-18(10-30-17-6-3-12(21)8-14(17)22)26-27-20(28)31-11-19(29)25-16-5-4-13(23)9-15(16)24/h2-6,8-9H,1,7,10-11H2,(H,25,29). The van der Waals surface area contributed by atoms with E-state index in [1.807, 2.05) is 0 Å². The Morgan fingerprint density at radius 1 is 1.23 bits per heavy atom. The fraction of sp³-hybridized carbons (Fsp3) is 0.150. The number of ether oxygens (including phenoxy) is 1. The minimum Gasteiger partial charge on any atom is -0.484 e. The Bertz CT molecular complexity index is 1110. The first-order valence-corrected chi connectivity index (χ1v) is 10.6. The molecule has 11 heteroatoms. The molecule has 1 amide bonds. The van der Waals surface area contributed by atoms with E-state index in [0.29, 0.717) is 39.4 Å². The lowest BCUT2D eigenvalue weighted by Crippen LogP contribution is -2.16. The number of allylic oxidation sites excluding steroid dienone is 1. The summed E-state index contributed by atoms with van der Waals surface area (Å²) in [5, 5.41) is 11.9. The van der Waals surface area contributed by atoms with Gasteiger partial charge in [-0.25, -0.2) is 8.78 Å². The average Bonchev–Trinajstić information content (AvgIpc) is 3.10. The third-order valence-electron chi connectivity index (χ3n) is 3.89. The van der Waals surface area contributed by atoms with Gasteiger partial charge in [0.1, 0.15) is 24.0 Å². The van der Waals surface area contributed by atoms with Crippen LogP contribution in [0.15, 0.2) is 54.2 Å². The molecular formula is C20H16Cl2F2N4O2S. The van der Waals surface area contributed by atoms with E-state index >= 15 is 0 Å². The monoisotopic (exact) mass is 484 g/mol. The van der Waals surface area contributed by atoms with Crippen molar-refractivity contribution in [1.29, 1.82) is 0 Å². The van der Waals surface area contributed by atoms with Crippen molar-refractivity contribution in [3.63, 3.8) is 0 Å². The molecule has 0 bridgehead atoms. The first kappa shape index (κ1) is 23.1. The molecule has 0 spiro atoms. The molecule has 1 aromatic heterocycles. The summed E-state index contributed by atoms with van der Waals surface area (Å²) >= 11 is 13.1. The Kier molecular flexibility index (Phi) is 7.89. The Hall–Kier alpha value is -2.62. The summed E-state index contributed by atoms with van der Waals surface area (Å²) in [4.78, 5) is 12.2. The van der Waals surface area contributed by atoms with Gasteiger partial charge >= 0.3 is 0 Å². The van der Waals surface area contributed by atoms with E-state index in [1.165, 1.54) is 0 Å². The van der Waals surface area contributed by atoms with Gasteiger partial charge in [-0.2, -0.15) is 0 Å². The number of hydrogen-bond donors (Lipinski definition) is 1. The topological polar surface area (TPSA) is 69.0 Å². The molecule has 162 valence electrons. The van der Waals surface area contributed by atoms with Crippen molar-refractivity contribution < 1.29 is 18.3 Å². The second-order valence-corrected chi connectivity index (χ2v) is 7.91. The number of hydrogen-bond acceptors (Lipinski definition) is 5. The summed E-state index contributed by atoms with van der Waals surface area (Å²) < 4.78 is 34.1. The van der Waals surface area contributed by atoms with Gasteiger partial charge in [0.25, 0.3) is 0 Å². The molecule has 0 saturated heterocycles. The van der Waals surface area contributed by atoms with Crippen molar-refractivity contribution in [2.75, 3.05) is 11.1 Å². The van der Waals surface area contributed by atoms with Gasteiger partial charge in [-0.05, 0) is 30.3 Å². The van der Waals surface area contributed by atoms with Gasteiger partial charge in [0.2, 0.25) is 5.91 Å². The second kappa shape index (κ2) is 10.6. The van der Waals surface area contributed by atoms with Gasteiger partial charge < -0.3 is 10.1 Å². The quantitative estimate of drug-likeness (QED) is 0.327. The van der Waals surface area contributed by atoms with Crippen LogP contribution in [0.2, 0.25) is 10.0 Å². The first-order chi connectivity index (χ1) is 14.9. The molecule has 0 aliphatic carbocycles. The zero-order valence-electron chi connectivity index (χ0n) is 15.9. The van der Waals surface area contributed by atoms with Crippen molar-refractivity contribution in [3.8, 4) is 5.75 Å². The molecule has 0 saturated carbocycles. The molecule has 1 heterocycles. The van der Waals surface area contributed by atoms with Crippen molar-refractivity contribution >= 4 is 46.6 Å². The number of aromatic nitrogens is 3. The summed E-state index contributed by atoms with van der Waals surface area (Å²) in [5.41, 5.74) is -0.103. The van der Waals surface area contributed by atoms with E-state index in [4.69, 9.17) is 27.9 Å². The van der Waals surface area contributed by atoms with E-state index in [1.54, 1.807) is 28.8 Å². The highest BCUT2D eigenvalue weighted by Crippen LogP contribution is 2.28. The largest absolute Gasteiger partial charge is 0.484 e. The second-order valence-electron chi connectivity index (χ2n) is 6.12. The van der Waals surface area contributed by atoms with Crippen molar-refractivity contribution in [2.24, 2.45) is 0 Å². The highest BCUT2D eigenvalue weighted by Gasteiger charge is 2.15. The summed E-state index contributed by atoms with van der Waals surface area (Å²) in [6.45, 7) is 4.18. The van der Waals surface area contributed by atoms with Crippen LogP contribution >= 0.6 is 35.0 Å². The van der Waals surface area contributed by atoms with Crippen LogP contribution in [0.4, 0.5) is 14.5 Å². The number of anilines is 1. The molecule has 0 unspecified atom stereocenters. The number of benzene rings is 2. The lowest BCUT2D eigenvalue weighted by Gasteiger charge is -2.10. The Morgan fingerprint density at radius 2 is 2.03 bits per heavy atom. The summed E-state index contributed by atoms with van der Waals surface area (Å²) in [5.74, 6) is -1.18. The SMILES string of the molecule is C=CCn1c(COc2ccc(Cl)cc2Cl)nnc1SCC(=O)Nc1ccc(F)cc1F. The maximum atomic E-state index is 13.7. The number of carbonyl (C=O) groups excluding carboxylic acids is 1. The van der Waals surface area contributed by atoms with E-state index in [9.17, 15) is 13.6 Å². The Labute approximate surface area is 191 Å². The predicted octanol–water partition coefficient (Wildman–Crippen LogP) is 5.36. The van der Waals surface area contributed by atoms with Crippen LogP contribution < -0.4 is 10.1 Å². The molecule has 3 rings (SSSR count). The third kappa shape index (κ3) is 6.19. The maximum Gasteiger partial charge on any atom is 0.234 e. The normalized spacial score (nSPS) is 10.7. The van der Waals surface area contributed by atoms with E-state index in [0.717, 1.165) is 23.9 Å². The highest BCUT2D eigenvalue weighted by molar-refractivity contribution is 7.99. The number of thioether (sulfide) groups is 1. The van der Waals surface area contributed by atoms with Crippen LogP contribution in [0.3, 0.4) is 0 Å². The lowest BCUT2D eigenvalue weighted by atomic mass is 10.3. The van der Waals surface area contributed by atoms with Gasteiger partial charge in [0.15, 0.2) is 11.0 Å². The zero-order valence-corrected chi connectivity index (χ0v) is 18.3. The lowest BCUT2D eigenvalue weighted by molar-refractivity contribution is -0.113. The van der Waals surface area contributed by atoms with E-state index < -0.39 is 17.5 Å². The molecule has 6 nitrogen and oxygen atoms in total. The summed E-state index contributed by atoms with van der Waals surface area (Å²) in [6, 6.07) is 7.78. The van der Waals surface area contributed by atoms with Crippen LogP contribution in [0.25, 0.3) is 0 Å². The van der Waals surface area contributed by atoms with Gasteiger partial charge in [-0.3, -0.25) is 9.36 Å². The van der Waals surface area contributed by atoms with Gasteiger partial charge in [0, 0.05) is 17.6 Å². The Balaban J connectivity index is 1.64. The van der Waals surface area contributed by atoms with Gasteiger partial charge in [-0.15, -0.1) is 16.8 Å². The number of halogens is 4. The first-order valence-electron chi connectivity index (χ1n) is 8.86. The molecule has 0 fully saturated rings. The van der Waals surface area contributed by atoms with Crippen LogP contribution in [-0.2, 0) is 17.9 Å². The fourth-order valence-electron chi connectivity index (χ4n) is 2.49. The molecule has 1 N–H and O–H groups in total. The molecule has 3 aromatic rings. The zero-order chi connectivity index (χ0) is 22.4. The molecular weight excluding hydrogens is 469 g/mol. The van der Waals surface area contributed by atoms with Crippen LogP contribution in [-0.4, -0.2) is 26.4 Å². The molecule has 0 aliphatic rings. The molecule has 0 atom stereocenters. The molecule has 0 aliphatic heterocycles. The van der Waals surface area contributed by atoms with Gasteiger partial charge in [0.05, 0.1) is 16.5 Å². The summed E-state index contributed by atoms with van der Waals surface area (Å²) in [7, 11) is 0. The van der Waals surface area contributed by atoms with Crippen LogP contribution in [0.1, 0.15) is 5.82 Å². The van der Waals surface area contributed by atoms with Gasteiger partial charge in [-0.1, -0.05) is 41.0 Å². The highest BCUT2D eigenvalue weighted by atomic mass is 35.5. The number of amides is 1. The third-order valence-corrected chi connectivity index (χ3v) is 5.39. The van der Waals surface area contributed by atoms with Crippen LogP contribution in [0.5, 0.6) is 5.75 Å². The van der Waals surface area contributed by atoms with Crippen molar-refractivity contribution in [2.45, 2.75) is 18.3 Å².